The summed E-state index contributed by atoms with van der Waals surface area (Å²) in [6.45, 7) is 6.00. The van der Waals surface area contributed by atoms with Gasteiger partial charge in [-0.15, -0.1) is 13.2 Å². The quantitative estimate of drug-likeness (QED) is 0.431. The van der Waals surface area contributed by atoms with Crippen LogP contribution in [-0.4, -0.2) is 11.2 Å². The topological polar surface area (TPSA) is 46.5 Å². The first kappa shape index (κ1) is 11.7. The molecule has 3 nitrogen and oxygen atoms in total. The minimum atomic E-state index is -0.813. The maximum absolute atomic E-state index is 10.6. The number of carbonyl (C=O) groups excluding carboxylic acids is 1. The maximum Gasteiger partial charge on any atom is 0.372 e. The van der Waals surface area contributed by atoms with Crippen molar-refractivity contribution in [2.75, 3.05) is 0 Å². The van der Waals surface area contributed by atoms with Crippen molar-refractivity contribution in [3.8, 4) is 0 Å². The number of halogens is 1. The fraction of sp³-hybridized carbons (Fsp3) is 0. The van der Waals surface area contributed by atoms with Crippen molar-refractivity contribution in [2.45, 2.75) is 0 Å². The van der Waals surface area contributed by atoms with Crippen molar-refractivity contribution in [1.82, 2.24) is 0 Å². The molecule has 0 aliphatic heterocycles. The minimum absolute atomic E-state index is 0.222. The zero-order valence-corrected chi connectivity index (χ0v) is 7.62. The second-order valence-electron chi connectivity index (χ2n) is 1.89. The van der Waals surface area contributed by atoms with Gasteiger partial charge in [0.1, 0.15) is 0 Å². The van der Waals surface area contributed by atoms with Crippen LogP contribution in [0, 0.1) is 0 Å². The van der Waals surface area contributed by atoms with Crippen LogP contribution in [0.3, 0.4) is 0 Å². The van der Waals surface area contributed by atoms with E-state index in [1.807, 2.05) is 0 Å². The lowest BCUT2D eigenvalue weighted by molar-refractivity contribution is -0.182. The van der Waals surface area contributed by atoms with Crippen LogP contribution < -0.4 is 0 Å². The van der Waals surface area contributed by atoms with Crippen LogP contribution in [0.2, 0.25) is 5.02 Å². The van der Waals surface area contributed by atoms with Crippen molar-refractivity contribution in [2.24, 2.45) is 0 Å². The van der Waals surface area contributed by atoms with Gasteiger partial charge in [-0.05, 0) is 18.2 Å². The van der Waals surface area contributed by atoms with Gasteiger partial charge < -0.3 is 0 Å². The van der Waals surface area contributed by atoms with E-state index in [9.17, 15) is 4.79 Å². The third kappa shape index (κ3) is 3.73. The lowest BCUT2D eigenvalue weighted by atomic mass is 10.2. The summed E-state index contributed by atoms with van der Waals surface area (Å²) in [7, 11) is 0. The Hall–Kier alpha value is -1.32. The van der Waals surface area contributed by atoms with E-state index < -0.39 is 5.97 Å². The van der Waals surface area contributed by atoms with Crippen LogP contribution >= 0.6 is 11.6 Å². The Morgan fingerprint density at radius 3 is 2.54 bits per heavy atom. The van der Waals surface area contributed by atoms with Gasteiger partial charge in [0.25, 0.3) is 0 Å². The van der Waals surface area contributed by atoms with Crippen molar-refractivity contribution < 1.29 is 14.9 Å². The summed E-state index contributed by atoms with van der Waals surface area (Å²) in [5, 5.41) is 8.41. The molecule has 1 aromatic rings. The van der Waals surface area contributed by atoms with Crippen LogP contribution in [0.4, 0.5) is 0 Å². The molecule has 0 aliphatic carbocycles. The van der Waals surface area contributed by atoms with Crippen LogP contribution in [0.5, 0.6) is 0 Å². The SMILES string of the molecule is C=C.O=C(OO)c1cccc(Cl)c1. The lowest BCUT2D eigenvalue weighted by Gasteiger charge is -1.95. The van der Waals surface area contributed by atoms with E-state index in [1.54, 1.807) is 12.1 Å². The Balaban J connectivity index is 0.000000671. The van der Waals surface area contributed by atoms with Crippen LogP contribution in [0.1, 0.15) is 10.4 Å². The zero-order chi connectivity index (χ0) is 10.3. The van der Waals surface area contributed by atoms with Gasteiger partial charge in [0.05, 0.1) is 5.56 Å². The number of hydrogen-bond acceptors (Lipinski definition) is 3. The highest BCUT2D eigenvalue weighted by molar-refractivity contribution is 6.30. The highest BCUT2D eigenvalue weighted by atomic mass is 35.5. The van der Waals surface area contributed by atoms with Gasteiger partial charge in [-0.3, -0.25) is 4.89 Å². The van der Waals surface area contributed by atoms with Crippen LogP contribution in [0.15, 0.2) is 37.4 Å². The first-order valence-electron chi connectivity index (χ1n) is 3.35. The number of rotatable bonds is 1. The number of carbonyl (C=O) groups is 1. The first-order valence-corrected chi connectivity index (χ1v) is 3.73. The van der Waals surface area contributed by atoms with Crippen molar-refractivity contribution in [3.05, 3.63) is 48.0 Å². The summed E-state index contributed by atoms with van der Waals surface area (Å²) >= 11 is 5.56. The molecule has 1 rings (SSSR count). The smallest absolute Gasteiger partial charge is 0.296 e. The van der Waals surface area contributed by atoms with Gasteiger partial charge in [-0.1, -0.05) is 17.7 Å². The molecule has 0 atom stereocenters. The molecule has 0 radical (unpaired) electrons. The lowest BCUT2D eigenvalue weighted by Crippen LogP contribution is -2.00. The predicted molar refractivity (Wildman–Crippen MR) is 50.8 cm³/mol. The van der Waals surface area contributed by atoms with E-state index in [4.69, 9.17) is 16.9 Å². The van der Waals surface area contributed by atoms with Crippen molar-refractivity contribution in [3.63, 3.8) is 0 Å². The third-order valence-electron chi connectivity index (χ3n) is 1.14. The van der Waals surface area contributed by atoms with Gasteiger partial charge >= 0.3 is 5.97 Å². The summed E-state index contributed by atoms with van der Waals surface area (Å²) < 4.78 is 0. The molecule has 0 saturated heterocycles. The first-order chi connectivity index (χ1) is 6.24. The molecule has 0 fully saturated rings. The third-order valence-corrected chi connectivity index (χ3v) is 1.38. The molecule has 1 N–H and O–H groups in total. The molecular formula is C9H9ClO3. The van der Waals surface area contributed by atoms with Gasteiger partial charge in [-0.25, -0.2) is 4.79 Å². The van der Waals surface area contributed by atoms with E-state index in [2.05, 4.69) is 18.0 Å². The van der Waals surface area contributed by atoms with Gasteiger partial charge in [0, 0.05) is 5.02 Å². The number of benzene rings is 1. The highest BCUT2D eigenvalue weighted by Gasteiger charge is 2.05. The summed E-state index contributed by atoms with van der Waals surface area (Å²) in [5.41, 5.74) is 0.222. The van der Waals surface area contributed by atoms with Crippen LogP contribution in [-0.2, 0) is 4.89 Å². The molecule has 4 heteroatoms. The molecule has 0 saturated carbocycles. The average molecular weight is 201 g/mol. The fourth-order valence-electron chi connectivity index (χ4n) is 0.668. The number of hydrogen-bond donors (Lipinski definition) is 1. The zero-order valence-electron chi connectivity index (χ0n) is 6.87. The Morgan fingerprint density at radius 2 is 2.08 bits per heavy atom. The van der Waals surface area contributed by atoms with E-state index in [1.165, 1.54) is 12.1 Å². The van der Waals surface area contributed by atoms with Gasteiger partial charge in [0.2, 0.25) is 0 Å². The van der Waals surface area contributed by atoms with Gasteiger partial charge in [-0.2, -0.15) is 5.26 Å². The molecule has 0 bridgehead atoms. The molecule has 0 aromatic heterocycles. The predicted octanol–water partition coefficient (Wildman–Crippen LogP) is 2.77. The average Bonchev–Trinajstić information content (AvgIpc) is 2.20. The Morgan fingerprint density at radius 1 is 1.46 bits per heavy atom. The maximum atomic E-state index is 10.6. The summed E-state index contributed by atoms with van der Waals surface area (Å²) in [4.78, 5) is 14.1. The fourth-order valence-corrected chi connectivity index (χ4v) is 0.858. The summed E-state index contributed by atoms with van der Waals surface area (Å²) in [6, 6.07) is 6.11. The van der Waals surface area contributed by atoms with Crippen molar-refractivity contribution in [1.29, 1.82) is 0 Å². The molecule has 0 spiro atoms. The normalized spacial score (nSPS) is 8.15. The van der Waals surface area contributed by atoms with E-state index in [0.29, 0.717) is 5.02 Å². The molecule has 0 unspecified atom stereocenters. The van der Waals surface area contributed by atoms with E-state index >= 15 is 0 Å². The Bertz CT molecular complexity index is 286. The van der Waals surface area contributed by atoms with Crippen LogP contribution in [0.25, 0.3) is 0 Å². The molecule has 70 valence electrons. The van der Waals surface area contributed by atoms with Gasteiger partial charge in [0.15, 0.2) is 0 Å². The Labute approximate surface area is 81.1 Å². The molecule has 1 aromatic carbocycles. The second kappa shape index (κ2) is 6.22. The second-order valence-corrected chi connectivity index (χ2v) is 2.33. The summed E-state index contributed by atoms with van der Waals surface area (Å²) in [5.74, 6) is -0.813. The molecule has 13 heavy (non-hydrogen) atoms. The molecule has 0 amide bonds. The molecule has 0 aliphatic rings. The molecular weight excluding hydrogens is 192 g/mol. The largest absolute Gasteiger partial charge is 0.372 e. The summed E-state index contributed by atoms with van der Waals surface area (Å²) in [6.07, 6.45) is 0. The monoisotopic (exact) mass is 200 g/mol. The Kier molecular flexibility index (Phi) is 5.59. The minimum Gasteiger partial charge on any atom is -0.296 e. The van der Waals surface area contributed by atoms with E-state index in [0.717, 1.165) is 0 Å². The highest BCUT2D eigenvalue weighted by Crippen LogP contribution is 2.10. The standard InChI is InChI=1S/C7H5ClO3.C2H4/c8-6-3-1-2-5(4-6)7(9)11-10;1-2/h1-4,10H;1-2H2. The van der Waals surface area contributed by atoms with Crippen molar-refractivity contribution >= 4 is 17.6 Å². The molecule has 0 heterocycles. The van der Waals surface area contributed by atoms with E-state index in [-0.39, 0.29) is 5.56 Å².